The molecule has 5 nitrogen and oxygen atoms in total. The van der Waals surface area contributed by atoms with Gasteiger partial charge in [-0.1, -0.05) is 18.2 Å². The van der Waals surface area contributed by atoms with Crippen LogP contribution in [0.5, 0.6) is 5.75 Å². The van der Waals surface area contributed by atoms with Gasteiger partial charge in [0, 0.05) is 0 Å². The summed E-state index contributed by atoms with van der Waals surface area (Å²) in [7, 11) is 0. The highest BCUT2D eigenvalue weighted by molar-refractivity contribution is 7.15. The second-order valence-electron chi connectivity index (χ2n) is 5.99. The molecule has 25 heavy (non-hydrogen) atoms. The highest BCUT2D eigenvalue weighted by Gasteiger charge is 2.32. The van der Waals surface area contributed by atoms with Crippen LogP contribution in [-0.4, -0.2) is 25.1 Å². The van der Waals surface area contributed by atoms with Crippen LogP contribution < -0.4 is 10.1 Å². The molecule has 3 rings (SSSR count). The SMILES string of the molecule is CCOC(=O)c1c(C2CC2)csc1NC(=O)COc1ccccc1C. The maximum absolute atomic E-state index is 12.3. The molecule has 1 heterocycles. The molecule has 0 unspecified atom stereocenters. The fourth-order valence-corrected chi connectivity index (χ4v) is 3.64. The third-order valence-corrected chi connectivity index (χ3v) is 4.94. The minimum absolute atomic E-state index is 0.107. The molecule has 1 amide bonds. The van der Waals surface area contributed by atoms with Gasteiger partial charge in [-0.2, -0.15) is 0 Å². The van der Waals surface area contributed by atoms with E-state index in [-0.39, 0.29) is 18.5 Å². The molecule has 1 aromatic carbocycles. The number of nitrogens with one attached hydrogen (secondary N) is 1. The Labute approximate surface area is 151 Å². The Kier molecular flexibility index (Phi) is 5.38. The molecule has 1 aliphatic rings. The van der Waals surface area contributed by atoms with E-state index in [2.05, 4.69) is 5.32 Å². The van der Waals surface area contributed by atoms with Crippen molar-refractivity contribution in [3.05, 3.63) is 46.3 Å². The minimum atomic E-state index is -0.374. The van der Waals surface area contributed by atoms with Crippen molar-refractivity contribution >= 4 is 28.2 Å². The van der Waals surface area contributed by atoms with E-state index >= 15 is 0 Å². The molecule has 1 fully saturated rings. The number of para-hydroxylation sites is 1. The number of anilines is 1. The zero-order valence-electron chi connectivity index (χ0n) is 14.3. The van der Waals surface area contributed by atoms with Crippen molar-refractivity contribution in [3.63, 3.8) is 0 Å². The average Bonchev–Trinajstić information content (AvgIpc) is 3.35. The Morgan fingerprint density at radius 1 is 1.28 bits per heavy atom. The Bertz CT molecular complexity index is 779. The zero-order chi connectivity index (χ0) is 17.8. The number of benzene rings is 1. The maximum atomic E-state index is 12.3. The van der Waals surface area contributed by atoms with Gasteiger partial charge >= 0.3 is 5.97 Å². The van der Waals surface area contributed by atoms with Crippen LogP contribution in [0.1, 0.15) is 47.2 Å². The first-order chi connectivity index (χ1) is 12.1. The number of hydrogen-bond donors (Lipinski definition) is 1. The molecule has 6 heteroatoms. The predicted octanol–water partition coefficient (Wildman–Crippen LogP) is 4.13. The Hall–Kier alpha value is -2.34. The van der Waals surface area contributed by atoms with Gasteiger partial charge in [-0.25, -0.2) is 4.79 Å². The molecular formula is C19H21NO4S. The number of hydrogen-bond acceptors (Lipinski definition) is 5. The number of thiophene rings is 1. The molecule has 1 aliphatic carbocycles. The third kappa shape index (κ3) is 4.20. The topological polar surface area (TPSA) is 64.6 Å². The van der Waals surface area contributed by atoms with Crippen molar-refractivity contribution < 1.29 is 19.1 Å². The van der Waals surface area contributed by atoms with Crippen LogP contribution >= 0.6 is 11.3 Å². The van der Waals surface area contributed by atoms with E-state index in [0.29, 0.717) is 28.8 Å². The van der Waals surface area contributed by atoms with E-state index in [0.717, 1.165) is 24.0 Å². The van der Waals surface area contributed by atoms with Crippen LogP contribution in [0.2, 0.25) is 0 Å². The van der Waals surface area contributed by atoms with Crippen molar-refractivity contribution in [2.24, 2.45) is 0 Å². The highest BCUT2D eigenvalue weighted by atomic mass is 32.1. The zero-order valence-corrected chi connectivity index (χ0v) is 15.2. The summed E-state index contributed by atoms with van der Waals surface area (Å²) in [5.74, 6) is 0.413. The molecule has 0 radical (unpaired) electrons. The molecule has 2 aromatic rings. The molecule has 0 bridgehead atoms. The van der Waals surface area contributed by atoms with Gasteiger partial charge in [-0.15, -0.1) is 11.3 Å². The van der Waals surface area contributed by atoms with Crippen molar-refractivity contribution in [3.8, 4) is 5.75 Å². The van der Waals surface area contributed by atoms with Gasteiger partial charge in [0.15, 0.2) is 6.61 Å². The standard InChI is InChI=1S/C19H21NO4S/c1-3-23-19(22)17-14(13-8-9-13)11-25-18(17)20-16(21)10-24-15-7-5-4-6-12(15)2/h4-7,11,13H,3,8-10H2,1-2H3,(H,20,21). The molecule has 1 saturated carbocycles. The van der Waals surface area contributed by atoms with E-state index < -0.39 is 0 Å². The number of ether oxygens (including phenoxy) is 2. The molecular weight excluding hydrogens is 338 g/mol. The van der Waals surface area contributed by atoms with Gasteiger partial charge < -0.3 is 14.8 Å². The number of esters is 1. The van der Waals surface area contributed by atoms with E-state index in [1.54, 1.807) is 6.92 Å². The van der Waals surface area contributed by atoms with Crippen LogP contribution in [0.4, 0.5) is 5.00 Å². The van der Waals surface area contributed by atoms with Crippen LogP contribution in [0, 0.1) is 6.92 Å². The van der Waals surface area contributed by atoms with Gasteiger partial charge in [0.1, 0.15) is 10.8 Å². The third-order valence-electron chi connectivity index (χ3n) is 4.02. The van der Waals surface area contributed by atoms with E-state index in [1.807, 2.05) is 36.6 Å². The van der Waals surface area contributed by atoms with E-state index in [4.69, 9.17) is 9.47 Å². The van der Waals surface area contributed by atoms with Crippen LogP contribution in [0.15, 0.2) is 29.6 Å². The maximum Gasteiger partial charge on any atom is 0.341 e. The minimum Gasteiger partial charge on any atom is -0.483 e. The quantitative estimate of drug-likeness (QED) is 0.755. The van der Waals surface area contributed by atoms with E-state index in [9.17, 15) is 9.59 Å². The fourth-order valence-electron chi connectivity index (χ4n) is 2.60. The lowest BCUT2D eigenvalue weighted by Gasteiger charge is -2.10. The molecule has 0 spiro atoms. The summed E-state index contributed by atoms with van der Waals surface area (Å²) >= 11 is 1.36. The number of aryl methyl sites for hydroxylation is 1. The number of rotatable bonds is 7. The fraction of sp³-hybridized carbons (Fsp3) is 0.368. The first-order valence-corrected chi connectivity index (χ1v) is 9.25. The number of carbonyl (C=O) groups excluding carboxylic acids is 2. The van der Waals surface area contributed by atoms with Gasteiger partial charge in [-0.05, 0) is 55.2 Å². The summed E-state index contributed by atoms with van der Waals surface area (Å²) in [5, 5.41) is 5.28. The largest absolute Gasteiger partial charge is 0.483 e. The molecule has 0 atom stereocenters. The predicted molar refractivity (Wildman–Crippen MR) is 97.6 cm³/mol. The summed E-state index contributed by atoms with van der Waals surface area (Å²) in [6.07, 6.45) is 2.15. The second kappa shape index (κ2) is 7.70. The van der Waals surface area contributed by atoms with Crippen LogP contribution in [0.3, 0.4) is 0 Å². The summed E-state index contributed by atoms with van der Waals surface area (Å²) < 4.78 is 10.7. The second-order valence-corrected chi connectivity index (χ2v) is 6.87. The smallest absolute Gasteiger partial charge is 0.341 e. The normalized spacial score (nSPS) is 13.4. The lowest BCUT2D eigenvalue weighted by atomic mass is 10.1. The van der Waals surface area contributed by atoms with Crippen molar-refractivity contribution in [1.29, 1.82) is 0 Å². The van der Waals surface area contributed by atoms with Crippen LogP contribution in [-0.2, 0) is 9.53 Å². The van der Waals surface area contributed by atoms with Crippen molar-refractivity contribution in [2.75, 3.05) is 18.5 Å². The number of carbonyl (C=O) groups is 2. The first kappa shape index (κ1) is 17.5. The summed E-state index contributed by atoms with van der Waals surface area (Å²) in [5.41, 5.74) is 2.45. The van der Waals surface area contributed by atoms with Gasteiger partial charge in [0.25, 0.3) is 5.91 Å². The van der Waals surface area contributed by atoms with Gasteiger partial charge in [-0.3, -0.25) is 4.79 Å². The highest BCUT2D eigenvalue weighted by Crippen LogP contribution is 2.46. The number of amides is 1. The Balaban J connectivity index is 1.68. The van der Waals surface area contributed by atoms with Crippen molar-refractivity contribution in [1.82, 2.24) is 0 Å². The molecule has 132 valence electrons. The Morgan fingerprint density at radius 3 is 2.72 bits per heavy atom. The molecule has 1 aromatic heterocycles. The van der Waals surface area contributed by atoms with Crippen molar-refractivity contribution in [2.45, 2.75) is 32.6 Å². The lowest BCUT2D eigenvalue weighted by molar-refractivity contribution is -0.118. The Morgan fingerprint density at radius 2 is 2.04 bits per heavy atom. The molecule has 1 N–H and O–H groups in total. The monoisotopic (exact) mass is 359 g/mol. The lowest BCUT2D eigenvalue weighted by Crippen LogP contribution is -2.21. The van der Waals surface area contributed by atoms with Gasteiger partial charge in [0.05, 0.1) is 12.2 Å². The van der Waals surface area contributed by atoms with Crippen LogP contribution in [0.25, 0.3) is 0 Å². The first-order valence-electron chi connectivity index (χ1n) is 8.37. The molecule has 0 aliphatic heterocycles. The molecule has 0 saturated heterocycles. The summed E-state index contributed by atoms with van der Waals surface area (Å²) in [6.45, 7) is 3.90. The average molecular weight is 359 g/mol. The summed E-state index contributed by atoms with van der Waals surface area (Å²) in [6, 6.07) is 7.52. The van der Waals surface area contributed by atoms with Gasteiger partial charge in [0.2, 0.25) is 0 Å². The van der Waals surface area contributed by atoms with E-state index in [1.165, 1.54) is 11.3 Å². The summed E-state index contributed by atoms with van der Waals surface area (Å²) in [4.78, 5) is 24.5.